The van der Waals surface area contributed by atoms with E-state index in [0.29, 0.717) is 6.54 Å². The lowest BCUT2D eigenvalue weighted by Crippen LogP contribution is -2.19. The van der Waals surface area contributed by atoms with Crippen molar-refractivity contribution in [2.24, 2.45) is 0 Å². The molecule has 0 aromatic carbocycles. The van der Waals surface area contributed by atoms with Crippen LogP contribution < -0.4 is 5.56 Å². The van der Waals surface area contributed by atoms with Crippen LogP contribution in [0.25, 0.3) is 0 Å². The quantitative estimate of drug-likeness (QED) is 0.830. The first-order valence-corrected chi connectivity index (χ1v) is 6.01. The van der Waals surface area contributed by atoms with Gasteiger partial charge in [0.05, 0.1) is 6.54 Å². The molecule has 0 atom stereocenters. The second-order valence-electron chi connectivity index (χ2n) is 3.30. The molecule has 0 aliphatic rings. The van der Waals surface area contributed by atoms with Gasteiger partial charge in [-0.15, -0.1) is 0 Å². The number of nitrogens with zero attached hydrogens (tertiary/aromatic N) is 1. The molecule has 1 aromatic heterocycles. The van der Waals surface area contributed by atoms with Crippen LogP contribution in [0.5, 0.6) is 5.75 Å². The fraction of sp³-hybridized carbons (Fsp3) is 0.267. The van der Waals surface area contributed by atoms with E-state index in [1.54, 1.807) is 18.3 Å². The normalized spacial score (nSPS) is 10.9. The SMILES string of the molecule is C=C/C(=C\C=C/C)Cn1cccc(O)c1=O.CC. The molecule has 0 saturated carbocycles. The molecule has 3 nitrogen and oxygen atoms in total. The Labute approximate surface area is 108 Å². The van der Waals surface area contributed by atoms with E-state index in [4.69, 9.17) is 0 Å². The molecule has 98 valence electrons. The first kappa shape index (κ1) is 16.0. The molecular weight excluding hydrogens is 226 g/mol. The van der Waals surface area contributed by atoms with Crippen LogP contribution in [0.4, 0.5) is 0 Å². The van der Waals surface area contributed by atoms with Crippen molar-refractivity contribution in [3.05, 3.63) is 65.1 Å². The number of aromatic nitrogens is 1. The van der Waals surface area contributed by atoms with Crippen LogP contribution in [0, 0.1) is 0 Å². The van der Waals surface area contributed by atoms with E-state index in [1.165, 1.54) is 10.6 Å². The molecule has 0 unspecified atom stereocenters. The van der Waals surface area contributed by atoms with Gasteiger partial charge in [-0.1, -0.05) is 44.7 Å². The number of rotatable bonds is 4. The number of hydrogen-bond acceptors (Lipinski definition) is 2. The maximum atomic E-state index is 11.5. The molecule has 0 fully saturated rings. The van der Waals surface area contributed by atoms with Crippen LogP contribution >= 0.6 is 0 Å². The summed E-state index contributed by atoms with van der Waals surface area (Å²) in [4.78, 5) is 11.5. The Morgan fingerprint density at radius 3 is 2.72 bits per heavy atom. The van der Waals surface area contributed by atoms with E-state index in [0.717, 1.165) is 5.57 Å². The van der Waals surface area contributed by atoms with Crippen molar-refractivity contribution in [2.75, 3.05) is 0 Å². The Bertz CT molecular complexity index is 482. The molecule has 0 radical (unpaired) electrons. The zero-order valence-corrected chi connectivity index (χ0v) is 11.3. The largest absolute Gasteiger partial charge is 0.503 e. The van der Waals surface area contributed by atoms with Crippen molar-refractivity contribution in [2.45, 2.75) is 27.3 Å². The first-order valence-electron chi connectivity index (χ1n) is 6.01. The van der Waals surface area contributed by atoms with Gasteiger partial charge in [0.15, 0.2) is 5.75 Å². The van der Waals surface area contributed by atoms with E-state index in [2.05, 4.69) is 6.58 Å². The third-order valence-corrected chi connectivity index (χ3v) is 2.12. The molecule has 0 bridgehead atoms. The van der Waals surface area contributed by atoms with Crippen LogP contribution in [0.3, 0.4) is 0 Å². The highest BCUT2D eigenvalue weighted by Gasteiger charge is 2.01. The first-order chi connectivity index (χ1) is 8.69. The predicted octanol–water partition coefficient (Wildman–Crippen LogP) is 3.27. The number of pyridine rings is 1. The third kappa shape index (κ3) is 4.87. The molecule has 1 rings (SSSR count). The van der Waals surface area contributed by atoms with Crippen LogP contribution in [-0.4, -0.2) is 9.67 Å². The Hall–Kier alpha value is -2.03. The summed E-state index contributed by atoms with van der Waals surface area (Å²) in [6, 6.07) is 3.01. The molecule has 1 aromatic rings. The maximum absolute atomic E-state index is 11.5. The van der Waals surface area contributed by atoms with Crippen molar-refractivity contribution in [3.8, 4) is 5.75 Å². The summed E-state index contributed by atoms with van der Waals surface area (Å²) in [5.41, 5.74) is 0.515. The van der Waals surface area contributed by atoms with Gasteiger partial charge in [0.1, 0.15) is 0 Å². The fourth-order valence-electron chi connectivity index (χ4n) is 1.25. The van der Waals surface area contributed by atoms with Crippen molar-refractivity contribution in [3.63, 3.8) is 0 Å². The lowest BCUT2D eigenvalue weighted by molar-refractivity contribution is 0.459. The Morgan fingerprint density at radius 2 is 2.17 bits per heavy atom. The van der Waals surface area contributed by atoms with E-state index < -0.39 is 5.56 Å². The molecule has 0 amide bonds. The predicted molar refractivity (Wildman–Crippen MR) is 76.8 cm³/mol. The zero-order chi connectivity index (χ0) is 14.0. The van der Waals surface area contributed by atoms with Gasteiger partial charge in [0, 0.05) is 6.20 Å². The molecule has 1 N–H and O–H groups in total. The minimum atomic E-state index is -0.393. The van der Waals surface area contributed by atoms with E-state index in [9.17, 15) is 9.90 Å². The zero-order valence-electron chi connectivity index (χ0n) is 11.3. The van der Waals surface area contributed by atoms with Crippen LogP contribution in [0.2, 0.25) is 0 Å². The minimum Gasteiger partial charge on any atom is -0.503 e. The molecule has 0 spiro atoms. The number of allylic oxidation sites excluding steroid dienone is 5. The van der Waals surface area contributed by atoms with Gasteiger partial charge >= 0.3 is 0 Å². The topological polar surface area (TPSA) is 42.2 Å². The van der Waals surface area contributed by atoms with Gasteiger partial charge < -0.3 is 9.67 Å². The molecule has 0 saturated heterocycles. The highest BCUT2D eigenvalue weighted by Crippen LogP contribution is 2.03. The number of hydrogen-bond donors (Lipinski definition) is 1. The summed E-state index contributed by atoms with van der Waals surface area (Å²) in [7, 11) is 0. The van der Waals surface area contributed by atoms with Crippen molar-refractivity contribution < 1.29 is 5.11 Å². The van der Waals surface area contributed by atoms with Gasteiger partial charge in [-0.2, -0.15) is 0 Å². The smallest absolute Gasteiger partial charge is 0.292 e. The Balaban J connectivity index is 0.00000137. The number of aromatic hydroxyl groups is 1. The van der Waals surface area contributed by atoms with Crippen molar-refractivity contribution >= 4 is 0 Å². The van der Waals surface area contributed by atoms with Gasteiger partial charge in [-0.3, -0.25) is 4.79 Å². The molecular formula is C15H21NO2. The summed E-state index contributed by atoms with van der Waals surface area (Å²) in [5.74, 6) is -0.239. The second kappa shape index (κ2) is 9.05. The summed E-state index contributed by atoms with van der Waals surface area (Å²) < 4.78 is 1.44. The maximum Gasteiger partial charge on any atom is 0.292 e. The molecule has 18 heavy (non-hydrogen) atoms. The molecule has 1 heterocycles. The standard InChI is InChI=1S/C13H15NO2.C2H6/c1-3-5-7-11(4-2)10-14-9-6-8-12(15)13(14)16;1-2/h3-9,15H,2,10H2,1H3;1-2H3/b5-3-,11-7+;. The highest BCUT2D eigenvalue weighted by atomic mass is 16.3. The highest BCUT2D eigenvalue weighted by molar-refractivity contribution is 5.23. The van der Waals surface area contributed by atoms with Crippen molar-refractivity contribution in [1.82, 2.24) is 4.57 Å². The van der Waals surface area contributed by atoms with E-state index in [1.807, 2.05) is 39.0 Å². The lowest BCUT2D eigenvalue weighted by Gasteiger charge is -2.05. The average molecular weight is 247 g/mol. The Kier molecular flexibility index (Phi) is 8.03. The third-order valence-electron chi connectivity index (χ3n) is 2.12. The summed E-state index contributed by atoms with van der Waals surface area (Å²) >= 11 is 0. The van der Waals surface area contributed by atoms with E-state index >= 15 is 0 Å². The average Bonchev–Trinajstić information content (AvgIpc) is 2.41. The van der Waals surface area contributed by atoms with Gasteiger partial charge in [-0.25, -0.2) is 0 Å². The molecule has 0 aliphatic carbocycles. The van der Waals surface area contributed by atoms with E-state index in [-0.39, 0.29) is 5.75 Å². The van der Waals surface area contributed by atoms with Crippen LogP contribution in [-0.2, 0) is 6.54 Å². The van der Waals surface area contributed by atoms with Crippen LogP contribution in [0.15, 0.2) is 59.6 Å². The van der Waals surface area contributed by atoms with Crippen molar-refractivity contribution in [1.29, 1.82) is 0 Å². The summed E-state index contributed by atoms with van der Waals surface area (Å²) in [5, 5.41) is 9.27. The lowest BCUT2D eigenvalue weighted by atomic mass is 10.2. The van der Waals surface area contributed by atoms with Gasteiger partial charge in [0.25, 0.3) is 5.56 Å². The minimum absolute atomic E-state index is 0.239. The fourth-order valence-corrected chi connectivity index (χ4v) is 1.25. The molecule has 0 aliphatic heterocycles. The van der Waals surface area contributed by atoms with Crippen LogP contribution in [0.1, 0.15) is 20.8 Å². The molecule has 3 heteroatoms. The Morgan fingerprint density at radius 1 is 1.50 bits per heavy atom. The monoisotopic (exact) mass is 247 g/mol. The van der Waals surface area contributed by atoms with Gasteiger partial charge in [0.2, 0.25) is 0 Å². The summed E-state index contributed by atoms with van der Waals surface area (Å²) in [6.45, 7) is 10.0. The summed E-state index contributed by atoms with van der Waals surface area (Å²) in [6.07, 6.45) is 8.98. The van der Waals surface area contributed by atoms with Gasteiger partial charge in [-0.05, 0) is 24.6 Å². The second-order valence-corrected chi connectivity index (χ2v) is 3.30.